The summed E-state index contributed by atoms with van der Waals surface area (Å²) in [6.45, 7) is 9.41. The van der Waals surface area contributed by atoms with Gasteiger partial charge in [-0.15, -0.1) is 0 Å². The number of unbranched alkanes of at least 4 members (excludes halogenated alkanes) is 4. The van der Waals surface area contributed by atoms with E-state index in [9.17, 15) is 9.90 Å². The first kappa shape index (κ1) is 21.7. The summed E-state index contributed by atoms with van der Waals surface area (Å²) in [7, 11) is 0. The zero-order chi connectivity index (χ0) is 17.7. The highest BCUT2D eigenvalue weighted by atomic mass is 16.6. The molecule has 0 fully saturated rings. The van der Waals surface area contributed by atoms with E-state index in [0.717, 1.165) is 6.42 Å². The molecule has 4 nitrogen and oxygen atoms in total. The van der Waals surface area contributed by atoms with E-state index in [0.29, 0.717) is 6.42 Å². The van der Waals surface area contributed by atoms with Crippen molar-refractivity contribution < 1.29 is 14.6 Å². The van der Waals surface area contributed by atoms with Crippen LogP contribution in [-0.2, 0) is 4.74 Å². The Morgan fingerprint density at radius 1 is 1.17 bits per heavy atom. The quantitative estimate of drug-likeness (QED) is 0.451. The highest BCUT2D eigenvalue weighted by molar-refractivity contribution is 5.68. The second kappa shape index (κ2) is 12.2. The van der Waals surface area contributed by atoms with Gasteiger partial charge in [-0.3, -0.25) is 0 Å². The Hall–Kier alpha value is -1.29. The number of nitrogens with one attached hydrogen (secondary N) is 1. The Morgan fingerprint density at radius 3 is 2.43 bits per heavy atom. The normalized spacial score (nSPS) is 15.0. The van der Waals surface area contributed by atoms with Gasteiger partial charge in [0.25, 0.3) is 0 Å². The first-order chi connectivity index (χ1) is 10.8. The third-order valence-corrected chi connectivity index (χ3v) is 3.31. The van der Waals surface area contributed by atoms with Crippen molar-refractivity contribution in [2.75, 3.05) is 0 Å². The highest BCUT2D eigenvalue weighted by Gasteiger charge is 2.20. The fourth-order valence-electron chi connectivity index (χ4n) is 1.95. The van der Waals surface area contributed by atoms with E-state index in [4.69, 9.17) is 4.74 Å². The molecule has 2 N–H and O–H groups in total. The zero-order valence-electron chi connectivity index (χ0n) is 15.5. The van der Waals surface area contributed by atoms with Gasteiger partial charge in [0.15, 0.2) is 0 Å². The number of rotatable bonds is 10. The lowest BCUT2D eigenvalue weighted by Gasteiger charge is -2.23. The lowest BCUT2D eigenvalue weighted by molar-refractivity contribution is 0.0439. The van der Waals surface area contributed by atoms with Gasteiger partial charge in [0, 0.05) is 0 Å². The van der Waals surface area contributed by atoms with Gasteiger partial charge in [0.2, 0.25) is 0 Å². The lowest BCUT2D eigenvalue weighted by atomic mass is 10.1. The van der Waals surface area contributed by atoms with Crippen LogP contribution in [0.1, 0.15) is 73.1 Å². The molecular formula is C19H35NO3. The van der Waals surface area contributed by atoms with Crippen LogP contribution in [0, 0.1) is 0 Å². The van der Waals surface area contributed by atoms with E-state index >= 15 is 0 Å². The average Bonchev–Trinajstić information content (AvgIpc) is 2.43. The Bertz CT molecular complexity index is 369. The van der Waals surface area contributed by atoms with Crippen molar-refractivity contribution in [2.45, 2.75) is 90.9 Å². The number of ether oxygens (including phenoxy) is 1. The third kappa shape index (κ3) is 14.1. The van der Waals surface area contributed by atoms with Crippen molar-refractivity contribution in [3.8, 4) is 0 Å². The fraction of sp³-hybridized carbons (Fsp3) is 0.737. The topological polar surface area (TPSA) is 58.6 Å². The molecule has 1 amide bonds. The largest absolute Gasteiger partial charge is 0.444 e. The predicted molar refractivity (Wildman–Crippen MR) is 96.5 cm³/mol. The number of aliphatic hydroxyl groups excluding tert-OH is 1. The molecule has 0 aromatic heterocycles. The van der Waals surface area contributed by atoms with Crippen LogP contribution < -0.4 is 5.32 Å². The molecule has 0 saturated heterocycles. The number of carbonyl (C=O) groups excluding carboxylic acids is 1. The molecular weight excluding hydrogens is 290 g/mol. The van der Waals surface area contributed by atoms with Crippen LogP contribution in [0.15, 0.2) is 24.3 Å². The van der Waals surface area contributed by atoms with Gasteiger partial charge in [0.05, 0.1) is 12.1 Å². The zero-order valence-corrected chi connectivity index (χ0v) is 15.5. The minimum Gasteiger partial charge on any atom is -0.444 e. The minimum atomic E-state index is -0.628. The van der Waals surface area contributed by atoms with Crippen LogP contribution in [0.4, 0.5) is 4.79 Å². The lowest BCUT2D eigenvalue weighted by Crippen LogP contribution is -2.43. The van der Waals surface area contributed by atoms with Crippen molar-refractivity contribution in [3.05, 3.63) is 24.3 Å². The maximum atomic E-state index is 11.6. The first-order valence-electron chi connectivity index (χ1n) is 8.75. The van der Waals surface area contributed by atoms with Gasteiger partial charge < -0.3 is 15.2 Å². The van der Waals surface area contributed by atoms with E-state index in [2.05, 4.69) is 18.3 Å². The van der Waals surface area contributed by atoms with E-state index in [1.807, 2.05) is 39.0 Å². The molecule has 0 rings (SSSR count). The molecule has 2 atom stereocenters. The number of hydrogen-bond acceptors (Lipinski definition) is 3. The fourth-order valence-corrected chi connectivity index (χ4v) is 1.95. The molecule has 0 radical (unpaired) electrons. The summed E-state index contributed by atoms with van der Waals surface area (Å²) in [6, 6.07) is -0.354. The molecule has 0 heterocycles. The van der Waals surface area contributed by atoms with Gasteiger partial charge >= 0.3 is 6.09 Å². The predicted octanol–water partition coefficient (Wildman–Crippen LogP) is 4.73. The van der Waals surface area contributed by atoms with E-state index < -0.39 is 17.8 Å². The SMILES string of the molecule is CCCCCC/C=C/C=C/C[C@@H](O)[C@H](C)NC(=O)OC(C)(C)C. The van der Waals surface area contributed by atoms with Gasteiger partial charge in [-0.2, -0.15) is 0 Å². The van der Waals surface area contributed by atoms with E-state index in [1.54, 1.807) is 6.92 Å². The van der Waals surface area contributed by atoms with Crippen molar-refractivity contribution in [1.82, 2.24) is 5.32 Å². The van der Waals surface area contributed by atoms with Crippen LogP contribution in [0.2, 0.25) is 0 Å². The molecule has 0 aromatic carbocycles. The van der Waals surface area contributed by atoms with Crippen molar-refractivity contribution in [1.29, 1.82) is 0 Å². The van der Waals surface area contributed by atoms with E-state index in [1.165, 1.54) is 25.7 Å². The highest BCUT2D eigenvalue weighted by Crippen LogP contribution is 2.08. The van der Waals surface area contributed by atoms with Gasteiger partial charge in [0.1, 0.15) is 5.60 Å². The van der Waals surface area contributed by atoms with E-state index in [-0.39, 0.29) is 6.04 Å². The summed E-state index contributed by atoms with van der Waals surface area (Å²) in [4.78, 5) is 11.6. The molecule has 4 heteroatoms. The van der Waals surface area contributed by atoms with Gasteiger partial charge in [-0.25, -0.2) is 4.79 Å². The molecule has 0 aliphatic carbocycles. The standard InChI is InChI=1S/C19H35NO3/c1-6-7-8-9-10-11-12-13-14-15-17(21)16(2)20-18(22)23-19(3,4)5/h11-14,16-17,21H,6-10,15H2,1-5H3,(H,20,22)/b12-11+,14-13+/t16-,17+/m0/s1. The smallest absolute Gasteiger partial charge is 0.407 e. The number of hydrogen-bond donors (Lipinski definition) is 2. The summed E-state index contributed by atoms with van der Waals surface area (Å²) in [5, 5.41) is 12.7. The summed E-state index contributed by atoms with van der Waals surface area (Å²) >= 11 is 0. The first-order valence-corrected chi connectivity index (χ1v) is 8.75. The second-order valence-electron chi connectivity index (χ2n) is 6.94. The summed E-state index contributed by atoms with van der Waals surface area (Å²) in [5.41, 5.74) is -0.531. The molecule has 0 aliphatic heterocycles. The molecule has 0 aromatic rings. The molecule has 23 heavy (non-hydrogen) atoms. The molecule has 0 spiro atoms. The monoisotopic (exact) mass is 325 g/mol. The maximum Gasteiger partial charge on any atom is 0.407 e. The number of alkyl carbamates (subject to hydrolysis) is 1. The van der Waals surface area contributed by atoms with Crippen LogP contribution in [0.25, 0.3) is 0 Å². The van der Waals surface area contributed by atoms with Crippen molar-refractivity contribution in [3.63, 3.8) is 0 Å². The number of aliphatic hydroxyl groups is 1. The van der Waals surface area contributed by atoms with Crippen molar-refractivity contribution in [2.24, 2.45) is 0 Å². The Labute approximate surface area is 142 Å². The number of amides is 1. The Morgan fingerprint density at radius 2 is 1.83 bits per heavy atom. The molecule has 0 aliphatic rings. The third-order valence-electron chi connectivity index (χ3n) is 3.31. The maximum absolute atomic E-state index is 11.6. The van der Waals surface area contributed by atoms with Crippen LogP contribution in [0.3, 0.4) is 0 Å². The van der Waals surface area contributed by atoms with Gasteiger partial charge in [-0.05, 0) is 47.0 Å². The molecule has 0 saturated carbocycles. The van der Waals surface area contributed by atoms with Crippen LogP contribution in [0.5, 0.6) is 0 Å². The average molecular weight is 325 g/mol. The van der Waals surface area contributed by atoms with Crippen molar-refractivity contribution >= 4 is 6.09 Å². The summed E-state index contributed by atoms with van der Waals surface area (Å²) in [5.74, 6) is 0. The molecule has 134 valence electrons. The minimum absolute atomic E-state index is 0.354. The Kier molecular flexibility index (Phi) is 11.5. The second-order valence-corrected chi connectivity index (χ2v) is 6.94. The number of carbonyl (C=O) groups is 1. The van der Waals surface area contributed by atoms with Crippen LogP contribution in [-0.4, -0.2) is 28.9 Å². The summed E-state index contributed by atoms with van der Waals surface area (Å²) in [6.07, 6.45) is 13.6. The number of allylic oxidation sites excluding steroid dienone is 3. The summed E-state index contributed by atoms with van der Waals surface area (Å²) < 4.78 is 5.17. The molecule has 0 unspecified atom stereocenters. The van der Waals surface area contributed by atoms with Crippen LogP contribution >= 0.6 is 0 Å². The molecule has 0 bridgehead atoms. The van der Waals surface area contributed by atoms with Gasteiger partial charge in [-0.1, -0.05) is 50.5 Å². The Balaban J connectivity index is 3.90.